The molecule has 2 aliphatic heterocycles. The van der Waals surface area contributed by atoms with Gasteiger partial charge in [-0.05, 0) is 25.3 Å². The molecule has 19 heavy (non-hydrogen) atoms. The molecule has 2 rings (SSSR count). The number of ether oxygens (including phenoxy) is 2. The van der Waals surface area contributed by atoms with Crippen LogP contribution in [0, 0.1) is 12.3 Å². The maximum absolute atomic E-state index is 10.1. The molecule has 2 aliphatic rings. The van der Waals surface area contributed by atoms with E-state index in [0.717, 1.165) is 19.3 Å². The van der Waals surface area contributed by atoms with Crippen LogP contribution in [0.2, 0.25) is 0 Å². The molecule has 1 N–H and O–H groups in total. The zero-order valence-electron chi connectivity index (χ0n) is 11.2. The van der Waals surface area contributed by atoms with Crippen LogP contribution in [0.25, 0.3) is 0 Å². The van der Waals surface area contributed by atoms with Crippen molar-refractivity contribution in [3.05, 3.63) is 12.2 Å². The van der Waals surface area contributed by atoms with Crippen molar-refractivity contribution in [3.8, 4) is 12.3 Å². The molecule has 4 heteroatoms. The molecule has 0 aliphatic carbocycles. The minimum atomic E-state index is -0.489. The molecule has 2 saturated heterocycles. The fourth-order valence-electron chi connectivity index (χ4n) is 2.59. The van der Waals surface area contributed by atoms with Gasteiger partial charge in [0.05, 0.1) is 30.5 Å². The van der Waals surface area contributed by atoms with Crippen molar-refractivity contribution in [2.24, 2.45) is 0 Å². The maximum atomic E-state index is 10.1. The number of halogens is 1. The molecule has 0 radical (unpaired) electrons. The summed E-state index contributed by atoms with van der Waals surface area (Å²) in [7, 11) is 0. The standard InChI is InChI=1S/C15H21BrO3/c1-3-5-6-7-11(17)14-8-10(16)13(19-14)9-15-12(4-2)18-15/h1,5-6,10-15,17H,4,7-9H2,2H3/b6-5+/t10-,11+,12+,13-,14?,15+/m0/s1. The van der Waals surface area contributed by atoms with E-state index in [-0.39, 0.29) is 12.2 Å². The first-order valence-electron chi connectivity index (χ1n) is 6.89. The lowest BCUT2D eigenvalue weighted by Gasteiger charge is -2.17. The Balaban J connectivity index is 1.77. The molecule has 0 bridgehead atoms. The quantitative estimate of drug-likeness (QED) is 0.462. The fourth-order valence-corrected chi connectivity index (χ4v) is 3.30. The van der Waals surface area contributed by atoms with Gasteiger partial charge in [-0.15, -0.1) is 6.42 Å². The third kappa shape index (κ3) is 4.06. The summed E-state index contributed by atoms with van der Waals surface area (Å²) in [6.07, 6.45) is 12.2. The summed E-state index contributed by atoms with van der Waals surface area (Å²) in [5.41, 5.74) is 0. The van der Waals surface area contributed by atoms with Crippen LogP contribution < -0.4 is 0 Å². The first-order valence-corrected chi connectivity index (χ1v) is 7.81. The number of rotatable bonds is 6. The summed E-state index contributed by atoms with van der Waals surface area (Å²) >= 11 is 3.65. The number of hydrogen-bond acceptors (Lipinski definition) is 3. The van der Waals surface area contributed by atoms with Crippen LogP contribution in [0.1, 0.15) is 32.6 Å². The monoisotopic (exact) mass is 328 g/mol. The highest BCUT2D eigenvalue weighted by molar-refractivity contribution is 9.09. The molecule has 1 unspecified atom stereocenters. The molecule has 0 aromatic carbocycles. The molecule has 0 aromatic rings. The number of alkyl halides is 1. The lowest BCUT2D eigenvalue weighted by atomic mass is 10.0. The Hall–Kier alpha value is -0.340. The van der Waals surface area contributed by atoms with E-state index >= 15 is 0 Å². The minimum absolute atomic E-state index is 0.115. The van der Waals surface area contributed by atoms with Crippen molar-refractivity contribution in [1.82, 2.24) is 0 Å². The predicted molar refractivity (Wildman–Crippen MR) is 78.2 cm³/mol. The summed E-state index contributed by atoms with van der Waals surface area (Å²) in [6.45, 7) is 2.14. The van der Waals surface area contributed by atoms with Crippen molar-refractivity contribution in [3.63, 3.8) is 0 Å². The molecule has 6 atom stereocenters. The normalized spacial score (nSPS) is 39.4. The average molecular weight is 329 g/mol. The van der Waals surface area contributed by atoms with Crippen LogP contribution in [0.5, 0.6) is 0 Å². The van der Waals surface area contributed by atoms with E-state index in [1.165, 1.54) is 0 Å². The predicted octanol–water partition coefficient (Wildman–Crippen LogP) is 2.42. The van der Waals surface area contributed by atoms with Gasteiger partial charge in [-0.25, -0.2) is 0 Å². The molecule has 3 nitrogen and oxygen atoms in total. The highest BCUT2D eigenvalue weighted by Crippen LogP contribution is 2.37. The van der Waals surface area contributed by atoms with E-state index < -0.39 is 6.10 Å². The zero-order valence-corrected chi connectivity index (χ0v) is 12.8. The van der Waals surface area contributed by atoms with Crippen LogP contribution in [0.4, 0.5) is 0 Å². The van der Waals surface area contributed by atoms with Gasteiger partial charge in [-0.3, -0.25) is 0 Å². The van der Waals surface area contributed by atoms with Crippen LogP contribution in [-0.2, 0) is 9.47 Å². The summed E-state index contributed by atoms with van der Waals surface area (Å²) in [5, 5.41) is 10.1. The van der Waals surface area contributed by atoms with E-state index in [1.807, 2.05) is 6.08 Å². The van der Waals surface area contributed by atoms with E-state index in [2.05, 4.69) is 28.8 Å². The van der Waals surface area contributed by atoms with Gasteiger partial charge in [0.1, 0.15) is 0 Å². The van der Waals surface area contributed by atoms with Gasteiger partial charge in [0.2, 0.25) is 0 Å². The highest BCUT2D eigenvalue weighted by Gasteiger charge is 2.44. The van der Waals surface area contributed by atoms with E-state index in [9.17, 15) is 5.11 Å². The van der Waals surface area contributed by atoms with Crippen LogP contribution >= 0.6 is 15.9 Å². The Kier molecular flexibility index (Phi) is 5.47. The van der Waals surface area contributed by atoms with Gasteiger partial charge in [0, 0.05) is 11.2 Å². The fraction of sp³-hybridized carbons (Fsp3) is 0.733. The topological polar surface area (TPSA) is 42.0 Å². The van der Waals surface area contributed by atoms with Crippen molar-refractivity contribution in [1.29, 1.82) is 0 Å². The smallest absolute Gasteiger partial charge is 0.0866 e. The van der Waals surface area contributed by atoms with Crippen molar-refractivity contribution in [2.45, 2.75) is 68.0 Å². The molecule has 0 aromatic heterocycles. The lowest BCUT2D eigenvalue weighted by Crippen LogP contribution is -2.26. The summed E-state index contributed by atoms with van der Waals surface area (Å²) in [4.78, 5) is 0.297. The number of aliphatic hydroxyl groups is 1. The minimum Gasteiger partial charge on any atom is -0.390 e. The van der Waals surface area contributed by atoms with Crippen molar-refractivity contribution in [2.75, 3.05) is 0 Å². The Morgan fingerprint density at radius 2 is 2.21 bits per heavy atom. The van der Waals surface area contributed by atoms with Crippen molar-refractivity contribution < 1.29 is 14.6 Å². The van der Waals surface area contributed by atoms with Gasteiger partial charge in [0.25, 0.3) is 0 Å². The van der Waals surface area contributed by atoms with Crippen LogP contribution in [0.3, 0.4) is 0 Å². The molecule has 0 spiro atoms. The van der Waals surface area contributed by atoms with E-state index in [4.69, 9.17) is 15.9 Å². The molecule has 106 valence electrons. The second kappa shape index (κ2) is 6.90. The molecular weight excluding hydrogens is 308 g/mol. The van der Waals surface area contributed by atoms with Crippen molar-refractivity contribution >= 4 is 15.9 Å². The molecular formula is C15H21BrO3. The van der Waals surface area contributed by atoms with Crippen LogP contribution in [-0.4, -0.2) is 40.5 Å². The number of epoxide rings is 1. The first-order chi connectivity index (χ1) is 9.15. The second-order valence-electron chi connectivity index (χ2n) is 5.19. The molecule has 2 heterocycles. The second-order valence-corrected chi connectivity index (χ2v) is 6.37. The molecule has 0 saturated carbocycles. The third-order valence-corrected chi connectivity index (χ3v) is 4.75. The Bertz CT molecular complexity index is 363. The summed E-state index contributed by atoms with van der Waals surface area (Å²) < 4.78 is 11.5. The maximum Gasteiger partial charge on any atom is 0.0866 e. The number of hydrogen-bond donors (Lipinski definition) is 1. The first kappa shape index (κ1) is 15.1. The van der Waals surface area contributed by atoms with Gasteiger partial charge in [-0.1, -0.05) is 34.9 Å². The molecule has 0 amide bonds. The number of terminal acetylenes is 1. The van der Waals surface area contributed by atoms with Gasteiger partial charge < -0.3 is 14.6 Å². The Labute approximate surface area is 123 Å². The largest absolute Gasteiger partial charge is 0.390 e. The third-order valence-electron chi connectivity index (χ3n) is 3.79. The number of aliphatic hydroxyl groups excluding tert-OH is 1. The van der Waals surface area contributed by atoms with E-state index in [0.29, 0.717) is 23.5 Å². The van der Waals surface area contributed by atoms with Crippen LogP contribution in [0.15, 0.2) is 12.2 Å². The highest BCUT2D eigenvalue weighted by atomic mass is 79.9. The summed E-state index contributed by atoms with van der Waals surface area (Å²) in [5.74, 6) is 2.42. The Morgan fingerprint density at radius 3 is 2.84 bits per heavy atom. The van der Waals surface area contributed by atoms with Gasteiger partial charge in [0.15, 0.2) is 0 Å². The van der Waals surface area contributed by atoms with Gasteiger partial charge in [-0.2, -0.15) is 0 Å². The Morgan fingerprint density at radius 1 is 1.42 bits per heavy atom. The number of allylic oxidation sites excluding steroid dienone is 1. The van der Waals surface area contributed by atoms with E-state index in [1.54, 1.807) is 6.08 Å². The molecule has 2 fully saturated rings. The SMILES string of the molecule is C#C/C=C/C[C@@H](O)C1C[C@H](Br)[C@H](C[C@H]2O[C@@H]2CC)O1. The average Bonchev–Trinajstić information content (AvgIpc) is 3.05. The lowest BCUT2D eigenvalue weighted by molar-refractivity contribution is -0.0356. The summed E-state index contributed by atoms with van der Waals surface area (Å²) in [6, 6.07) is 0. The zero-order chi connectivity index (χ0) is 13.8. The van der Waals surface area contributed by atoms with Gasteiger partial charge >= 0.3 is 0 Å².